The summed E-state index contributed by atoms with van der Waals surface area (Å²) in [6, 6.07) is 0. The number of fused-ring (bicyclic) bond motifs is 5. The highest BCUT2D eigenvalue weighted by atomic mass is 16.4. The second-order valence-corrected chi connectivity index (χ2v) is 11.2. The molecular formula is C24H36O4. The molecule has 0 spiro atoms. The van der Waals surface area contributed by atoms with E-state index < -0.39 is 5.97 Å². The van der Waals surface area contributed by atoms with Crippen LogP contribution in [0.4, 0.5) is 0 Å². The van der Waals surface area contributed by atoms with Gasteiger partial charge in [-0.3, -0.25) is 14.4 Å². The Bertz CT molecular complexity index is 699. The summed E-state index contributed by atoms with van der Waals surface area (Å²) >= 11 is 0. The number of ketones is 2. The van der Waals surface area contributed by atoms with Gasteiger partial charge in [-0.25, -0.2) is 0 Å². The largest absolute Gasteiger partial charge is 0.481 e. The molecule has 4 nitrogen and oxygen atoms in total. The molecule has 4 aliphatic carbocycles. The Labute approximate surface area is 168 Å². The molecule has 1 N–H and O–H groups in total. The summed E-state index contributed by atoms with van der Waals surface area (Å²) in [5.41, 5.74) is 0.125. The Morgan fingerprint density at radius 3 is 2.50 bits per heavy atom. The van der Waals surface area contributed by atoms with Crippen LogP contribution in [0.2, 0.25) is 0 Å². The van der Waals surface area contributed by atoms with E-state index in [1.54, 1.807) is 0 Å². The van der Waals surface area contributed by atoms with E-state index >= 15 is 0 Å². The van der Waals surface area contributed by atoms with E-state index in [-0.39, 0.29) is 28.6 Å². The molecule has 0 heterocycles. The van der Waals surface area contributed by atoms with E-state index in [4.69, 9.17) is 5.11 Å². The molecule has 4 fully saturated rings. The molecule has 4 saturated carbocycles. The van der Waals surface area contributed by atoms with Crippen LogP contribution < -0.4 is 0 Å². The first kappa shape index (κ1) is 20.1. The van der Waals surface area contributed by atoms with E-state index in [0.29, 0.717) is 48.6 Å². The molecule has 4 rings (SSSR count). The van der Waals surface area contributed by atoms with Crippen molar-refractivity contribution in [1.29, 1.82) is 0 Å². The van der Waals surface area contributed by atoms with Gasteiger partial charge in [0.2, 0.25) is 0 Å². The van der Waals surface area contributed by atoms with Crippen molar-refractivity contribution in [2.75, 3.05) is 0 Å². The monoisotopic (exact) mass is 388 g/mol. The molecule has 0 radical (unpaired) electrons. The molecule has 0 aromatic heterocycles. The second-order valence-electron chi connectivity index (χ2n) is 11.2. The lowest BCUT2D eigenvalue weighted by Crippen LogP contribution is -2.60. The van der Waals surface area contributed by atoms with E-state index in [0.717, 1.165) is 44.9 Å². The Hall–Kier alpha value is -1.19. The lowest BCUT2D eigenvalue weighted by Gasteiger charge is -2.63. The molecule has 4 aliphatic rings. The van der Waals surface area contributed by atoms with Crippen molar-refractivity contribution in [3.8, 4) is 0 Å². The number of carboxylic acid groups (broad SMARTS) is 1. The number of Topliss-reactive ketones (excluding diaryl/α,β-unsaturated/α-hetero) is 2. The first-order valence-electron chi connectivity index (χ1n) is 11.4. The van der Waals surface area contributed by atoms with Crippen molar-refractivity contribution >= 4 is 17.5 Å². The lowest BCUT2D eigenvalue weighted by molar-refractivity contribution is -0.174. The van der Waals surface area contributed by atoms with Crippen LogP contribution in [0.5, 0.6) is 0 Å². The van der Waals surface area contributed by atoms with Crippen LogP contribution in [0.15, 0.2) is 0 Å². The molecule has 0 saturated heterocycles. The van der Waals surface area contributed by atoms with Crippen LogP contribution in [0.3, 0.4) is 0 Å². The molecule has 28 heavy (non-hydrogen) atoms. The predicted octanol–water partition coefficient (Wildman–Crippen LogP) is 5.04. The lowest BCUT2D eigenvalue weighted by atomic mass is 9.40. The summed E-state index contributed by atoms with van der Waals surface area (Å²) in [5, 5.41) is 8.99. The quantitative estimate of drug-likeness (QED) is 0.732. The van der Waals surface area contributed by atoms with Gasteiger partial charge in [-0.2, -0.15) is 0 Å². The van der Waals surface area contributed by atoms with Gasteiger partial charge in [-0.1, -0.05) is 20.8 Å². The predicted molar refractivity (Wildman–Crippen MR) is 107 cm³/mol. The van der Waals surface area contributed by atoms with Crippen molar-refractivity contribution in [1.82, 2.24) is 0 Å². The van der Waals surface area contributed by atoms with Crippen molar-refractivity contribution in [3.05, 3.63) is 0 Å². The highest BCUT2D eigenvalue weighted by Gasteiger charge is 2.65. The average molecular weight is 389 g/mol. The molecule has 156 valence electrons. The zero-order valence-corrected chi connectivity index (χ0v) is 17.8. The van der Waals surface area contributed by atoms with Crippen molar-refractivity contribution in [2.45, 2.75) is 91.4 Å². The van der Waals surface area contributed by atoms with Gasteiger partial charge in [-0.15, -0.1) is 0 Å². The molecule has 0 bridgehead atoms. The fourth-order valence-corrected chi connectivity index (χ4v) is 8.21. The van der Waals surface area contributed by atoms with Crippen LogP contribution in [-0.4, -0.2) is 22.6 Å². The van der Waals surface area contributed by atoms with Crippen molar-refractivity contribution in [3.63, 3.8) is 0 Å². The number of aliphatic carboxylic acids is 1. The summed E-state index contributed by atoms with van der Waals surface area (Å²) in [6.07, 6.45) is 9.29. The standard InChI is InChI=1S/C24H36O4/c1-22-13-16(25)9-12-24(22,3)18-10-11-23(2)15(5-4-6-20(27)28)7-8-17(23)21(18)19(26)14-22/h15,17-18,21H,4-14H2,1-3H3,(H,27,28). The third-order valence-electron chi connectivity index (χ3n) is 10.1. The minimum absolute atomic E-state index is 0.0994. The van der Waals surface area contributed by atoms with Crippen molar-refractivity contribution in [2.24, 2.45) is 39.9 Å². The number of carbonyl (C=O) groups excluding carboxylic acids is 2. The second kappa shape index (κ2) is 6.67. The van der Waals surface area contributed by atoms with Gasteiger partial charge in [0.25, 0.3) is 0 Å². The Morgan fingerprint density at radius 1 is 1.04 bits per heavy atom. The molecule has 0 aliphatic heterocycles. The van der Waals surface area contributed by atoms with Gasteiger partial charge < -0.3 is 5.11 Å². The first-order valence-corrected chi connectivity index (χ1v) is 11.4. The van der Waals surface area contributed by atoms with Gasteiger partial charge in [0.1, 0.15) is 11.6 Å². The van der Waals surface area contributed by atoms with Gasteiger partial charge in [0.05, 0.1) is 0 Å². The first-order chi connectivity index (χ1) is 13.1. The number of carboxylic acids is 1. The molecular weight excluding hydrogens is 352 g/mol. The van der Waals surface area contributed by atoms with E-state index in [2.05, 4.69) is 20.8 Å². The average Bonchev–Trinajstić information content (AvgIpc) is 2.93. The third kappa shape index (κ3) is 2.81. The van der Waals surface area contributed by atoms with Gasteiger partial charge >= 0.3 is 5.97 Å². The highest BCUT2D eigenvalue weighted by Crippen LogP contribution is 2.69. The Kier molecular flexibility index (Phi) is 4.79. The maximum absolute atomic E-state index is 13.4. The summed E-state index contributed by atoms with van der Waals surface area (Å²) in [5.74, 6) is 1.64. The van der Waals surface area contributed by atoms with Gasteiger partial charge in [-0.05, 0) is 78.9 Å². The van der Waals surface area contributed by atoms with E-state index in [1.807, 2.05) is 0 Å². The fourth-order valence-electron chi connectivity index (χ4n) is 8.21. The summed E-state index contributed by atoms with van der Waals surface area (Å²) in [6.45, 7) is 6.97. The molecule has 4 heteroatoms. The zero-order valence-electron chi connectivity index (χ0n) is 17.8. The van der Waals surface area contributed by atoms with Crippen molar-refractivity contribution < 1.29 is 19.5 Å². The topological polar surface area (TPSA) is 71.4 Å². The summed E-state index contributed by atoms with van der Waals surface area (Å²) in [4.78, 5) is 36.6. The molecule has 7 unspecified atom stereocenters. The normalized spacial score (nSPS) is 48.0. The minimum atomic E-state index is -0.704. The van der Waals surface area contributed by atoms with Crippen LogP contribution in [0, 0.1) is 39.9 Å². The molecule has 0 aromatic carbocycles. The van der Waals surface area contributed by atoms with E-state index in [1.165, 1.54) is 0 Å². The smallest absolute Gasteiger partial charge is 0.303 e. The third-order valence-corrected chi connectivity index (χ3v) is 10.1. The van der Waals surface area contributed by atoms with E-state index in [9.17, 15) is 14.4 Å². The molecule has 0 amide bonds. The van der Waals surface area contributed by atoms with Crippen LogP contribution >= 0.6 is 0 Å². The SMILES string of the molecule is CC12CCC3C(C(=O)CC4(C)CC(=O)CCC34C)C1CCC2CCCC(=O)O. The molecule has 7 atom stereocenters. The number of hydrogen-bond donors (Lipinski definition) is 1. The van der Waals surface area contributed by atoms with Crippen LogP contribution in [0.25, 0.3) is 0 Å². The van der Waals surface area contributed by atoms with Gasteiger partial charge in [0.15, 0.2) is 0 Å². The zero-order chi connectivity index (χ0) is 20.3. The number of hydrogen-bond acceptors (Lipinski definition) is 3. The maximum atomic E-state index is 13.4. The van der Waals surface area contributed by atoms with Crippen LogP contribution in [-0.2, 0) is 14.4 Å². The highest BCUT2D eigenvalue weighted by molar-refractivity contribution is 5.87. The Balaban J connectivity index is 1.58. The Morgan fingerprint density at radius 2 is 1.79 bits per heavy atom. The summed E-state index contributed by atoms with van der Waals surface area (Å²) in [7, 11) is 0. The maximum Gasteiger partial charge on any atom is 0.303 e. The number of carbonyl (C=O) groups is 3. The van der Waals surface area contributed by atoms with Crippen LogP contribution in [0.1, 0.15) is 91.4 Å². The minimum Gasteiger partial charge on any atom is -0.481 e. The van der Waals surface area contributed by atoms with Gasteiger partial charge in [0, 0.05) is 31.6 Å². The molecule has 0 aromatic rings. The summed E-state index contributed by atoms with van der Waals surface area (Å²) < 4.78 is 0. The fraction of sp³-hybridized carbons (Fsp3) is 0.875. The number of rotatable bonds is 4.